The van der Waals surface area contributed by atoms with Crippen molar-refractivity contribution in [2.75, 3.05) is 5.73 Å². The first-order chi connectivity index (χ1) is 16.3. The fraction of sp³-hybridized carbons (Fsp3) is 0.120. The van der Waals surface area contributed by atoms with Crippen LogP contribution in [0.15, 0.2) is 86.0 Å². The Morgan fingerprint density at radius 3 is 2.09 bits per heavy atom. The molecule has 1 atom stereocenters. The van der Waals surface area contributed by atoms with E-state index in [9.17, 15) is 13.9 Å². The molecule has 0 aromatic heterocycles. The van der Waals surface area contributed by atoms with E-state index >= 15 is 0 Å². The van der Waals surface area contributed by atoms with Crippen LogP contribution in [0.4, 0.5) is 28.4 Å². The predicted molar refractivity (Wildman–Crippen MR) is 133 cm³/mol. The van der Waals surface area contributed by atoms with E-state index in [1.807, 2.05) is 57.2 Å². The first-order valence-corrected chi connectivity index (χ1v) is 11.5. The number of phenols is 1. The number of aromatic hydroxyl groups is 1. The summed E-state index contributed by atoms with van der Waals surface area (Å²) in [5, 5.41) is 29.3. The van der Waals surface area contributed by atoms with Crippen molar-refractivity contribution in [1.29, 1.82) is 0 Å². The molecule has 0 radical (unpaired) electrons. The normalized spacial score (nSPS) is 12.7. The van der Waals surface area contributed by atoms with Crippen molar-refractivity contribution in [3.63, 3.8) is 0 Å². The van der Waals surface area contributed by atoms with Gasteiger partial charge in [-0.05, 0) is 96.4 Å². The summed E-state index contributed by atoms with van der Waals surface area (Å²) in [6, 6.07) is 17.3. The Morgan fingerprint density at radius 1 is 0.824 bits per heavy atom. The molecule has 0 spiro atoms. The second-order valence-electron chi connectivity index (χ2n) is 7.86. The Bertz CT molecular complexity index is 1480. The number of fused-ring (bicyclic) bond motifs is 1. The molecule has 4 rings (SSSR count). The van der Waals surface area contributed by atoms with Gasteiger partial charge in [0.25, 0.3) is 0 Å². The topological polar surface area (TPSA) is 136 Å². The predicted octanol–water partition coefficient (Wildman–Crippen LogP) is 7.12. The van der Waals surface area contributed by atoms with Crippen molar-refractivity contribution < 1.29 is 13.9 Å². The lowest BCUT2D eigenvalue weighted by Crippen LogP contribution is -1.92. The number of anilines is 1. The van der Waals surface area contributed by atoms with Crippen LogP contribution >= 0.6 is 0 Å². The lowest BCUT2D eigenvalue weighted by atomic mass is 9.99. The van der Waals surface area contributed by atoms with Gasteiger partial charge in [-0.1, -0.05) is 18.2 Å². The molecule has 0 aliphatic heterocycles. The maximum Gasteiger partial charge on any atom is 0.153 e. The van der Waals surface area contributed by atoms with Crippen LogP contribution in [-0.4, -0.2) is 13.9 Å². The zero-order chi connectivity index (χ0) is 24.4. The highest BCUT2D eigenvalue weighted by Crippen LogP contribution is 2.45. The molecule has 4 aromatic rings. The van der Waals surface area contributed by atoms with E-state index in [1.54, 1.807) is 12.1 Å². The zero-order valence-corrected chi connectivity index (χ0v) is 19.6. The Morgan fingerprint density at radius 2 is 1.44 bits per heavy atom. The molecule has 34 heavy (non-hydrogen) atoms. The summed E-state index contributed by atoms with van der Waals surface area (Å²) in [5.41, 5.74) is 11.1. The van der Waals surface area contributed by atoms with Gasteiger partial charge in [-0.25, -0.2) is 0 Å². The summed E-state index contributed by atoms with van der Waals surface area (Å²) in [7, 11) is 0. The summed E-state index contributed by atoms with van der Waals surface area (Å²) in [6.45, 7) is 5.64. The van der Waals surface area contributed by atoms with Gasteiger partial charge in [0.05, 0.1) is 22.4 Å². The molecular weight excluding hydrogens is 450 g/mol. The third-order valence-corrected chi connectivity index (χ3v) is 6.09. The summed E-state index contributed by atoms with van der Waals surface area (Å²) in [4.78, 5) is 0.160. The van der Waals surface area contributed by atoms with Gasteiger partial charge in [0.2, 0.25) is 0 Å². The first-order valence-electron chi connectivity index (χ1n) is 10.4. The molecule has 8 nitrogen and oxygen atoms in total. The van der Waals surface area contributed by atoms with E-state index in [0.717, 1.165) is 22.1 Å². The monoisotopic (exact) mass is 472 g/mol. The number of hydrogen-bond donors (Lipinski definition) is 2. The number of nitrogens with zero attached hydrogens (tertiary/aromatic N) is 4. The van der Waals surface area contributed by atoms with Gasteiger partial charge >= 0.3 is 0 Å². The fourth-order valence-corrected chi connectivity index (χ4v) is 3.97. The number of aryl methyl sites for hydroxylation is 3. The average molecular weight is 473 g/mol. The second kappa shape index (κ2) is 9.50. The van der Waals surface area contributed by atoms with E-state index in [2.05, 4.69) is 20.5 Å². The molecule has 0 heterocycles. The molecule has 1 unspecified atom stereocenters. The minimum atomic E-state index is -2.31. The molecule has 3 N–H and O–H groups in total. The van der Waals surface area contributed by atoms with Gasteiger partial charge in [-0.3, -0.25) is 4.21 Å². The molecule has 0 aliphatic carbocycles. The Hall–Kier alpha value is -3.95. The highest BCUT2D eigenvalue weighted by molar-refractivity contribution is 7.79. The number of nitrogen functional groups attached to an aromatic ring is 1. The molecule has 9 heteroatoms. The smallest absolute Gasteiger partial charge is 0.153 e. The lowest BCUT2D eigenvalue weighted by molar-refractivity contribution is 0.482. The number of rotatable bonds is 5. The summed E-state index contributed by atoms with van der Waals surface area (Å²) < 4.78 is 22.0. The molecule has 0 saturated heterocycles. The second-order valence-corrected chi connectivity index (χ2v) is 8.80. The van der Waals surface area contributed by atoms with Gasteiger partial charge < -0.3 is 15.4 Å². The van der Waals surface area contributed by atoms with Crippen molar-refractivity contribution in [1.82, 2.24) is 0 Å². The summed E-state index contributed by atoms with van der Waals surface area (Å²) in [6.07, 6.45) is 0. The Labute approximate surface area is 199 Å². The Kier molecular flexibility index (Phi) is 6.49. The van der Waals surface area contributed by atoms with Crippen molar-refractivity contribution in [2.24, 2.45) is 20.5 Å². The third kappa shape index (κ3) is 4.57. The summed E-state index contributed by atoms with van der Waals surface area (Å²) in [5.74, 6) is -0.0800. The number of benzene rings is 4. The van der Waals surface area contributed by atoms with Gasteiger partial charge in [0.1, 0.15) is 11.4 Å². The molecule has 0 bridgehead atoms. The van der Waals surface area contributed by atoms with Crippen molar-refractivity contribution in [2.45, 2.75) is 25.7 Å². The van der Waals surface area contributed by atoms with Crippen molar-refractivity contribution in [3.05, 3.63) is 77.4 Å². The largest absolute Gasteiger partial charge is 0.768 e. The Balaban J connectivity index is 1.78. The van der Waals surface area contributed by atoms with Gasteiger partial charge in [0, 0.05) is 4.90 Å². The summed E-state index contributed by atoms with van der Waals surface area (Å²) >= 11 is -2.31. The molecular formula is C25H22N5O3S-. The zero-order valence-electron chi connectivity index (χ0n) is 18.8. The van der Waals surface area contributed by atoms with Crippen LogP contribution in [0.1, 0.15) is 16.7 Å². The standard InChI is InChI=1S/C25H23N5O3S/c1-14-6-4-5-7-20(14)28-30-24-16(3)13-17-12-15(2)23(22(26)21(17)25(24)31)29-27-18-8-10-19(11-9-18)34(32)33/h4-13,31H,26H2,1-3H3,(H,32,33)/p-1. The van der Waals surface area contributed by atoms with Crippen LogP contribution in [0.25, 0.3) is 10.8 Å². The average Bonchev–Trinajstić information content (AvgIpc) is 2.79. The van der Waals surface area contributed by atoms with E-state index in [0.29, 0.717) is 28.1 Å². The number of nitrogens with two attached hydrogens (primary N) is 1. The lowest BCUT2D eigenvalue weighted by Gasteiger charge is -2.13. The van der Waals surface area contributed by atoms with E-state index in [-0.39, 0.29) is 16.3 Å². The van der Waals surface area contributed by atoms with Crippen LogP contribution in [0.3, 0.4) is 0 Å². The fourth-order valence-electron chi connectivity index (χ4n) is 3.62. The van der Waals surface area contributed by atoms with Gasteiger partial charge in [-0.2, -0.15) is 10.2 Å². The van der Waals surface area contributed by atoms with Crippen molar-refractivity contribution in [3.8, 4) is 5.75 Å². The minimum Gasteiger partial charge on any atom is -0.768 e. The van der Waals surface area contributed by atoms with E-state index < -0.39 is 11.1 Å². The van der Waals surface area contributed by atoms with Crippen molar-refractivity contribution >= 4 is 50.3 Å². The van der Waals surface area contributed by atoms with Gasteiger partial charge in [-0.15, -0.1) is 10.2 Å². The third-order valence-electron chi connectivity index (χ3n) is 5.43. The van der Waals surface area contributed by atoms with Crippen LogP contribution < -0.4 is 5.73 Å². The molecule has 0 saturated carbocycles. The maximum atomic E-state index is 11.1. The molecule has 0 fully saturated rings. The molecule has 172 valence electrons. The van der Waals surface area contributed by atoms with E-state index in [4.69, 9.17) is 5.73 Å². The number of azo groups is 2. The highest BCUT2D eigenvalue weighted by atomic mass is 32.2. The van der Waals surface area contributed by atoms with E-state index in [1.165, 1.54) is 12.1 Å². The molecule has 0 aliphatic rings. The molecule has 4 aromatic carbocycles. The number of hydrogen-bond acceptors (Lipinski definition) is 8. The highest BCUT2D eigenvalue weighted by Gasteiger charge is 2.17. The van der Waals surface area contributed by atoms with Crippen LogP contribution in [0.5, 0.6) is 5.75 Å². The SMILES string of the molecule is Cc1ccccc1N=Nc1c(C)cc2cc(C)c(N=Nc3ccc(S(=O)[O-])cc3)c(N)c2c1O. The molecule has 0 amide bonds. The minimum absolute atomic E-state index is 0.0800. The first kappa shape index (κ1) is 23.2. The number of phenolic OH excluding ortho intramolecular Hbond substituents is 1. The van der Waals surface area contributed by atoms with Gasteiger partial charge in [0.15, 0.2) is 5.75 Å². The maximum absolute atomic E-state index is 11.1. The van der Waals surface area contributed by atoms with Crippen LogP contribution in [0.2, 0.25) is 0 Å². The van der Waals surface area contributed by atoms with Crippen LogP contribution in [-0.2, 0) is 11.1 Å². The quantitative estimate of drug-likeness (QED) is 0.181. The van der Waals surface area contributed by atoms with Crippen LogP contribution in [0, 0.1) is 20.8 Å².